The maximum Gasteiger partial charge on any atom is 0.343 e. The SMILES string of the molecule is CCOC(=O)CC(O)(C(=O)OCC)c1cnn(Cc2ccncc2)c1N. The summed E-state index contributed by atoms with van der Waals surface area (Å²) in [4.78, 5) is 28.2. The molecule has 2 aromatic heterocycles. The summed E-state index contributed by atoms with van der Waals surface area (Å²) in [5, 5.41) is 15.0. The minimum atomic E-state index is -2.27. The van der Waals surface area contributed by atoms with Crippen molar-refractivity contribution in [2.24, 2.45) is 0 Å². The number of anilines is 1. The number of aliphatic hydroxyl groups is 1. The number of carbonyl (C=O) groups is 2. The first-order chi connectivity index (χ1) is 12.4. The van der Waals surface area contributed by atoms with Crippen molar-refractivity contribution in [1.82, 2.24) is 14.8 Å². The summed E-state index contributed by atoms with van der Waals surface area (Å²) in [6.45, 7) is 3.69. The van der Waals surface area contributed by atoms with Crippen LogP contribution >= 0.6 is 0 Å². The highest BCUT2D eigenvalue weighted by atomic mass is 16.6. The van der Waals surface area contributed by atoms with E-state index >= 15 is 0 Å². The van der Waals surface area contributed by atoms with Crippen molar-refractivity contribution in [2.45, 2.75) is 32.4 Å². The van der Waals surface area contributed by atoms with Gasteiger partial charge in [0, 0.05) is 12.4 Å². The number of pyridine rings is 1. The molecule has 0 radical (unpaired) electrons. The summed E-state index contributed by atoms with van der Waals surface area (Å²) in [5.74, 6) is -1.67. The molecule has 9 nitrogen and oxygen atoms in total. The molecule has 0 fully saturated rings. The Hall–Kier alpha value is -2.94. The standard InChI is InChI=1S/C17H22N4O5/c1-3-25-14(22)9-17(24,16(23)26-4-2)13-10-20-21(15(13)18)11-12-5-7-19-8-6-12/h5-8,10,24H,3-4,9,11,18H2,1-2H3. The van der Waals surface area contributed by atoms with Crippen LogP contribution in [0.1, 0.15) is 31.4 Å². The lowest BCUT2D eigenvalue weighted by atomic mass is 9.92. The van der Waals surface area contributed by atoms with Gasteiger partial charge in [-0.05, 0) is 31.5 Å². The Labute approximate surface area is 150 Å². The summed E-state index contributed by atoms with van der Waals surface area (Å²) >= 11 is 0. The van der Waals surface area contributed by atoms with Crippen LogP contribution in [-0.2, 0) is 31.2 Å². The molecule has 2 heterocycles. The molecule has 0 amide bonds. The zero-order chi connectivity index (χ0) is 19.2. The van der Waals surface area contributed by atoms with Crippen LogP contribution < -0.4 is 5.73 Å². The second-order valence-electron chi connectivity index (χ2n) is 5.52. The molecule has 140 valence electrons. The van der Waals surface area contributed by atoms with Gasteiger partial charge in [0.25, 0.3) is 0 Å². The molecule has 0 saturated carbocycles. The molecular formula is C17H22N4O5. The molecule has 2 rings (SSSR count). The Balaban J connectivity index is 2.35. The van der Waals surface area contributed by atoms with Crippen LogP contribution in [0.15, 0.2) is 30.7 Å². The minimum absolute atomic E-state index is 0.00180. The Morgan fingerprint density at radius 3 is 2.50 bits per heavy atom. The highest BCUT2D eigenvalue weighted by molar-refractivity contribution is 5.88. The van der Waals surface area contributed by atoms with Gasteiger partial charge < -0.3 is 20.3 Å². The normalized spacial score (nSPS) is 13.0. The predicted molar refractivity (Wildman–Crippen MR) is 91.8 cm³/mol. The van der Waals surface area contributed by atoms with E-state index in [1.54, 1.807) is 38.4 Å². The van der Waals surface area contributed by atoms with Crippen LogP contribution in [0.2, 0.25) is 0 Å². The van der Waals surface area contributed by atoms with E-state index in [4.69, 9.17) is 15.2 Å². The lowest BCUT2D eigenvalue weighted by Crippen LogP contribution is -2.40. The summed E-state index contributed by atoms with van der Waals surface area (Å²) in [7, 11) is 0. The zero-order valence-electron chi connectivity index (χ0n) is 14.7. The number of rotatable bonds is 8. The summed E-state index contributed by atoms with van der Waals surface area (Å²) in [6.07, 6.45) is 3.90. The van der Waals surface area contributed by atoms with E-state index in [1.165, 1.54) is 10.9 Å². The van der Waals surface area contributed by atoms with Crippen LogP contribution in [0.4, 0.5) is 5.82 Å². The van der Waals surface area contributed by atoms with Crippen LogP contribution in [0.25, 0.3) is 0 Å². The molecule has 0 aliphatic heterocycles. The van der Waals surface area contributed by atoms with Gasteiger partial charge in [-0.15, -0.1) is 0 Å². The molecule has 26 heavy (non-hydrogen) atoms. The number of carbonyl (C=O) groups excluding carboxylic acids is 2. The van der Waals surface area contributed by atoms with Crippen molar-refractivity contribution >= 4 is 17.8 Å². The average molecular weight is 362 g/mol. The number of nitrogen functional groups attached to an aromatic ring is 1. The number of nitrogens with two attached hydrogens (primary N) is 1. The molecule has 3 N–H and O–H groups in total. The van der Waals surface area contributed by atoms with Gasteiger partial charge in [-0.3, -0.25) is 9.78 Å². The molecule has 0 spiro atoms. The topological polar surface area (TPSA) is 130 Å². The first kappa shape index (κ1) is 19.4. The van der Waals surface area contributed by atoms with Crippen molar-refractivity contribution in [3.8, 4) is 0 Å². The van der Waals surface area contributed by atoms with Gasteiger partial charge in [0.1, 0.15) is 5.82 Å². The van der Waals surface area contributed by atoms with Gasteiger partial charge in [0.15, 0.2) is 0 Å². The van der Waals surface area contributed by atoms with Crippen molar-refractivity contribution in [3.05, 3.63) is 41.9 Å². The van der Waals surface area contributed by atoms with Crippen molar-refractivity contribution in [3.63, 3.8) is 0 Å². The highest BCUT2D eigenvalue weighted by Gasteiger charge is 2.45. The lowest BCUT2D eigenvalue weighted by Gasteiger charge is -2.24. The number of hydrogen-bond acceptors (Lipinski definition) is 8. The van der Waals surface area contributed by atoms with E-state index in [0.717, 1.165) is 5.56 Å². The maximum absolute atomic E-state index is 12.3. The van der Waals surface area contributed by atoms with Gasteiger partial charge >= 0.3 is 11.9 Å². The molecular weight excluding hydrogens is 340 g/mol. The third-order valence-electron chi connectivity index (χ3n) is 3.73. The Morgan fingerprint density at radius 2 is 1.88 bits per heavy atom. The number of aromatic nitrogens is 3. The summed E-state index contributed by atoms with van der Waals surface area (Å²) < 4.78 is 11.2. The van der Waals surface area contributed by atoms with Crippen LogP contribution in [0.5, 0.6) is 0 Å². The van der Waals surface area contributed by atoms with Crippen molar-refractivity contribution in [1.29, 1.82) is 0 Å². The fourth-order valence-electron chi connectivity index (χ4n) is 2.45. The Bertz CT molecular complexity index is 762. The smallest absolute Gasteiger partial charge is 0.343 e. The van der Waals surface area contributed by atoms with E-state index in [-0.39, 0.29) is 24.6 Å². The highest BCUT2D eigenvalue weighted by Crippen LogP contribution is 2.32. The van der Waals surface area contributed by atoms with Gasteiger partial charge in [-0.25, -0.2) is 9.48 Å². The molecule has 0 aromatic carbocycles. The molecule has 1 unspecified atom stereocenters. The van der Waals surface area contributed by atoms with Crippen LogP contribution in [0, 0.1) is 0 Å². The van der Waals surface area contributed by atoms with Gasteiger partial charge in [0.2, 0.25) is 5.60 Å². The predicted octanol–water partition coefficient (Wildman–Crippen LogP) is 0.612. The second kappa shape index (κ2) is 8.43. The zero-order valence-corrected chi connectivity index (χ0v) is 14.7. The quantitative estimate of drug-likeness (QED) is 0.654. The Morgan fingerprint density at radius 1 is 1.23 bits per heavy atom. The molecule has 0 saturated heterocycles. The number of nitrogens with zero attached hydrogens (tertiary/aromatic N) is 3. The minimum Gasteiger partial charge on any atom is -0.466 e. The van der Waals surface area contributed by atoms with Gasteiger partial charge in [-0.1, -0.05) is 0 Å². The third kappa shape index (κ3) is 4.17. The molecule has 2 aromatic rings. The van der Waals surface area contributed by atoms with E-state index in [2.05, 4.69) is 10.1 Å². The average Bonchev–Trinajstić information content (AvgIpc) is 2.97. The molecule has 0 bridgehead atoms. The van der Waals surface area contributed by atoms with Gasteiger partial charge in [0.05, 0.1) is 37.9 Å². The first-order valence-electron chi connectivity index (χ1n) is 8.18. The number of hydrogen-bond donors (Lipinski definition) is 2. The third-order valence-corrected chi connectivity index (χ3v) is 3.73. The van der Waals surface area contributed by atoms with Crippen molar-refractivity contribution < 1.29 is 24.2 Å². The molecule has 0 aliphatic rings. The van der Waals surface area contributed by atoms with E-state index in [1.807, 2.05) is 0 Å². The fraction of sp³-hybridized carbons (Fsp3) is 0.412. The monoisotopic (exact) mass is 362 g/mol. The van der Waals surface area contributed by atoms with Crippen LogP contribution in [0.3, 0.4) is 0 Å². The lowest BCUT2D eigenvalue weighted by molar-refractivity contribution is -0.173. The Kier molecular flexibility index (Phi) is 6.29. The molecule has 0 aliphatic carbocycles. The molecule has 9 heteroatoms. The maximum atomic E-state index is 12.3. The van der Waals surface area contributed by atoms with E-state index < -0.39 is 24.0 Å². The van der Waals surface area contributed by atoms with E-state index in [0.29, 0.717) is 6.54 Å². The molecule has 1 atom stereocenters. The number of esters is 2. The second-order valence-corrected chi connectivity index (χ2v) is 5.52. The van der Waals surface area contributed by atoms with Gasteiger partial charge in [-0.2, -0.15) is 5.10 Å². The first-order valence-corrected chi connectivity index (χ1v) is 8.18. The fourth-order valence-corrected chi connectivity index (χ4v) is 2.45. The van der Waals surface area contributed by atoms with E-state index in [9.17, 15) is 14.7 Å². The largest absolute Gasteiger partial charge is 0.466 e. The number of ether oxygens (including phenoxy) is 2. The summed E-state index contributed by atoms with van der Waals surface area (Å²) in [6, 6.07) is 3.58. The van der Waals surface area contributed by atoms with Crippen molar-refractivity contribution in [2.75, 3.05) is 18.9 Å². The van der Waals surface area contributed by atoms with Crippen LogP contribution in [-0.4, -0.2) is 45.0 Å². The summed E-state index contributed by atoms with van der Waals surface area (Å²) in [5.41, 5.74) is 4.69.